The third-order valence-corrected chi connectivity index (χ3v) is 3.02. The molecule has 86 valence electrons. The first-order valence-corrected chi connectivity index (χ1v) is 5.43. The number of fused-ring (bicyclic) bond motifs is 1. The Morgan fingerprint density at radius 1 is 1.06 bits per heavy atom. The summed E-state index contributed by atoms with van der Waals surface area (Å²) < 4.78 is 9.83. The fourth-order valence-corrected chi connectivity index (χ4v) is 2.28. The first-order valence-electron chi connectivity index (χ1n) is 5.43. The van der Waals surface area contributed by atoms with Crippen LogP contribution in [0, 0.1) is 0 Å². The summed E-state index contributed by atoms with van der Waals surface area (Å²) in [5.41, 5.74) is 1.75. The first kappa shape index (κ1) is 10.1. The Morgan fingerprint density at radius 3 is 2.59 bits per heavy atom. The predicted molar refractivity (Wildman–Crippen MR) is 59.3 cm³/mol. The molecule has 2 heterocycles. The summed E-state index contributed by atoms with van der Waals surface area (Å²) in [6, 6.07) is 7.51. The van der Waals surface area contributed by atoms with Crippen molar-refractivity contribution in [1.82, 2.24) is 0 Å². The standard InChI is InChI=1S/C13H10O4/c14-12-6-8(7-13(15)17-12)9-2-1-3-11-10(9)4-5-16-11/h1-5,8H,6-7H2. The molecule has 1 aliphatic rings. The lowest BCUT2D eigenvalue weighted by Gasteiger charge is -2.20. The molecule has 3 rings (SSSR count). The lowest BCUT2D eigenvalue weighted by molar-refractivity contribution is -0.163. The molecule has 1 aromatic heterocycles. The van der Waals surface area contributed by atoms with Crippen LogP contribution in [0.2, 0.25) is 0 Å². The van der Waals surface area contributed by atoms with Crippen molar-refractivity contribution in [3.8, 4) is 0 Å². The maximum absolute atomic E-state index is 11.3. The number of furan rings is 1. The molecule has 0 spiro atoms. The van der Waals surface area contributed by atoms with Gasteiger partial charge in [-0.2, -0.15) is 0 Å². The molecule has 0 N–H and O–H groups in total. The zero-order valence-electron chi connectivity index (χ0n) is 9.01. The molecule has 1 aromatic carbocycles. The van der Waals surface area contributed by atoms with E-state index in [4.69, 9.17) is 4.42 Å². The van der Waals surface area contributed by atoms with Gasteiger partial charge in [-0.3, -0.25) is 9.59 Å². The second-order valence-corrected chi connectivity index (χ2v) is 4.13. The minimum Gasteiger partial charge on any atom is -0.464 e. The molecule has 0 aliphatic carbocycles. The van der Waals surface area contributed by atoms with Crippen LogP contribution < -0.4 is 0 Å². The third-order valence-electron chi connectivity index (χ3n) is 3.02. The summed E-state index contributed by atoms with van der Waals surface area (Å²) in [5.74, 6) is -1.01. The molecule has 0 saturated carbocycles. The van der Waals surface area contributed by atoms with E-state index < -0.39 is 11.9 Å². The number of ether oxygens (including phenoxy) is 1. The molecule has 0 amide bonds. The minimum atomic E-state index is -0.452. The Hall–Kier alpha value is -2.10. The molecule has 1 aliphatic heterocycles. The SMILES string of the molecule is O=C1CC(c2cccc3occc23)CC(=O)O1. The molecule has 1 fully saturated rings. The van der Waals surface area contributed by atoms with E-state index in [0.717, 1.165) is 16.5 Å². The fourth-order valence-electron chi connectivity index (χ4n) is 2.28. The highest BCUT2D eigenvalue weighted by Gasteiger charge is 2.29. The summed E-state index contributed by atoms with van der Waals surface area (Å²) >= 11 is 0. The maximum atomic E-state index is 11.3. The van der Waals surface area contributed by atoms with Gasteiger partial charge in [0.15, 0.2) is 0 Å². The molecule has 4 heteroatoms. The topological polar surface area (TPSA) is 56.5 Å². The van der Waals surface area contributed by atoms with Crippen molar-refractivity contribution < 1.29 is 18.7 Å². The van der Waals surface area contributed by atoms with Gasteiger partial charge in [-0.1, -0.05) is 12.1 Å². The molecular formula is C13H10O4. The van der Waals surface area contributed by atoms with Gasteiger partial charge in [-0.05, 0) is 17.7 Å². The van der Waals surface area contributed by atoms with Crippen molar-refractivity contribution in [3.63, 3.8) is 0 Å². The molecule has 0 bridgehead atoms. The van der Waals surface area contributed by atoms with Crippen molar-refractivity contribution in [2.45, 2.75) is 18.8 Å². The Morgan fingerprint density at radius 2 is 1.82 bits per heavy atom. The van der Waals surface area contributed by atoms with Gasteiger partial charge in [-0.25, -0.2) is 0 Å². The highest BCUT2D eigenvalue weighted by molar-refractivity contribution is 5.91. The number of hydrogen-bond donors (Lipinski definition) is 0. The van der Waals surface area contributed by atoms with Gasteiger partial charge in [0.05, 0.1) is 19.1 Å². The Balaban J connectivity index is 2.05. The number of benzene rings is 1. The van der Waals surface area contributed by atoms with Crippen LogP contribution in [-0.2, 0) is 14.3 Å². The lowest BCUT2D eigenvalue weighted by atomic mass is 9.89. The van der Waals surface area contributed by atoms with E-state index in [0.29, 0.717) is 0 Å². The fraction of sp³-hybridized carbons (Fsp3) is 0.231. The number of cyclic esters (lactones) is 2. The van der Waals surface area contributed by atoms with Crippen molar-refractivity contribution in [1.29, 1.82) is 0 Å². The third kappa shape index (κ3) is 1.71. The predicted octanol–water partition coefficient (Wildman–Crippen LogP) is 2.38. The van der Waals surface area contributed by atoms with E-state index >= 15 is 0 Å². The molecule has 2 aromatic rings. The Kier molecular flexibility index (Phi) is 2.21. The Bertz CT molecular complexity index is 580. The molecule has 1 saturated heterocycles. The van der Waals surface area contributed by atoms with E-state index in [1.165, 1.54) is 0 Å². The quantitative estimate of drug-likeness (QED) is 0.557. The van der Waals surface area contributed by atoms with E-state index in [1.54, 1.807) is 6.26 Å². The first-order chi connectivity index (χ1) is 8.24. The van der Waals surface area contributed by atoms with Crippen molar-refractivity contribution in [2.75, 3.05) is 0 Å². The van der Waals surface area contributed by atoms with Crippen LogP contribution in [0.15, 0.2) is 34.9 Å². The van der Waals surface area contributed by atoms with Gasteiger partial charge in [0.1, 0.15) is 5.58 Å². The summed E-state index contributed by atoms with van der Waals surface area (Å²) in [5, 5.41) is 0.958. The van der Waals surface area contributed by atoms with Gasteiger partial charge < -0.3 is 9.15 Å². The highest BCUT2D eigenvalue weighted by atomic mass is 16.6. The number of rotatable bonds is 1. The molecule has 4 nitrogen and oxygen atoms in total. The van der Waals surface area contributed by atoms with Gasteiger partial charge in [0, 0.05) is 11.3 Å². The zero-order chi connectivity index (χ0) is 11.8. The number of carbonyl (C=O) groups excluding carboxylic acids is 2. The molecule has 0 radical (unpaired) electrons. The molecule has 0 unspecified atom stereocenters. The maximum Gasteiger partial charge on any atom is 0.314 e. The van der Waals surface area contributed by atoms with Gasteiger partial charge in [0.25, 0.3) is 0 Å². The number of hydrogen-bond acceptors (Lipinski definition) is 4. The van der Waals surface area contributed by atoms with Crippen LogP contribution in [0.5, 0.6) is 0 Å². The van der Waals surface area contributed by atoms with Crippen LogP contribution in [0.1, 0.15) is 24.3 Å². The van der Waals surface area contributed by atoms with E-state index in [1.807, 2.05) is 24.3 Å². The molecule has 0 atom stereocenters. The van der Waals surface area contributed by atoms with E-state index in [2.05, 4.69) is 4.74 Å². The highest BCUT2D eigenvalue weighted by Crippen LogP contribution is 2.33. The monoisotopic (exact) mass is 230 g/mol. The lowest BCUT2D eigenvalue weighted by Crippen LogP contribution is -2.24. The van der Waals surface area contributed by atoms with E-state index in [-0.39, 0.29) is 18.8 Å². The van der Waals surface area contributed by atoms with Crippen molar-refractivity contribution in [3.05, 3.63) is 36.1 Å². The van der Waals surface area contributed by atoms with Crippen molar-refractivity contribution in [2.24, 2.45) is 0 Å². The number of esters is 2. The molecule has 17 heavy (non-hydrogen) atoms. The zero-order valence-corrected chi connectivity index (χ0v) is 9.01. The summed E-state index contributed by atoms with van der Waals surface area (Å²) in [6.45, 7) is 0. The summed E-state index contributed by atoms with van der Waals surface area (Å²) in [4.78, 5) is 22.5. The second kappa shape index (κ2) is 3.73. The second-order valence-electron chi connectivity index (χ2n) is 4.13. The van der Waals surface area contributed by atoms with Crippen LogP contribution >= 0.6 is 0 Å². The van der Waals surface area contributed by atoms with Crippen LogP contribution in [0.4, 0.5) is 0 Å². The minimum absolute atomic E-state index is 0.106. The number of carbonyl (C=O) groups is 2. The van der Waals surface area contributed by atoms with Crippen LogP contribution in [-0.4, -0.2) is 11.9 Å². The normalized spacial score (nSPS) is 17.4. The average Bonchev–Trinajstić information content (AvgIpc) is 2.75. The van der Waals surface area contributed by atoms with E-state index in [9.17, 15) is 9.59 Å². The van der Waals surface area contributed by atoms with Crippen molar-refractivity contribution >= 4 is 22.9 Å². The van der Waals surface area contributed by atoms with Gasteiger partial charge in [-0.15, -0.1) is 0 Å². The van der Waals surface area contributed by atoms with Crippen LogP contribution in [0.3, 0.4) is 0 Å². The van der Waals surface area contributed by atoms with Gasteiger partial charge >= 0.3 is 11.9 Å². The largest absolute Gasteiger partial charge is 0.464 e. The smallest absolute Gasteiger partial charge is 0.314 e. The molecular weight excluding hydrogens is 220 g/mol. The average molecular weight is 230 g/mol. The van der Waals surface area contributed by atoms with Gasteiger partial charge in [0.2, 0.25) is 0 Å². The van der Waals surface area contributed by atoms with Crippen LogP contribution in [0.25, 0.3) is 11.0 Å². The summed E-state index contributed by atoms with van der Waals surface area (Å²) in [6.07, 6.45) is 2.10. The summed E-state index contributed by atoms with van der Waals surface area (Å²) in [7, 11) is 0. The Labute approximate surface area is 97.2 Å².